The van der Waals surface area contributed by atoms with Crippen LogP contribution in [0, 0.1) is 5.92 Å². The Morgan fingerprint density at radius 1 is 0.952 bits per heavy atom. The number of benzene rings is 3. The molecule has 1 N–H and O–H groups in total. The fourth-order valence-corrected chi connectivity index (χ4v) is 6.04. The van der Waals surface area contributed by atoms with Gasteiger partial charge in [0, 0.05) is 28.8 Å². The van der Waals surface area contributed by atoms with Crippen LogP contribution in [0.2, 0.25) is 10.0 Å². The Balaban J connectivity index is 1.49. The van der Waals surface area contributed by atoms with Crippen LogP contribution in [0.3, 0.4) is 0 Å². The van der Waals surface area contributed by atoms with Crippen molar-refractivity contribution < 1.29 is 28.9 Å². The quantitative estimate of drug-likeness (QED) is 0.203. The van der Waals surface area contributed by atoms with E-state index in [1.54, 1.807) is 26.0 Å². The van der Waals surface area contributed by atoms with Gasteiger partial charge in [-0.2, -0.15) is 0 Å². The zero-order chi connectivity index (χ0) is 29.8. The molecule has 0 saturated heterocycles. The molecule has 3 aromatic rings. The third-order valence-electron chi connectivity index (χ3n) is 7.55. The van der Waals surface area contributed by atoms with Crippen molar-refractivity contribution in [2.75, 3.05) is 19.8 Å². The van der Waals surface area contributed by atoms with Gasteiger partial charge >= 0.3 is 5.97 Å². The minimum absolute atomic E-state index is 0.00554. The number of rotatable bonds is 9. The number of carbonyl (C=O) groups excluding carboxylic acids is 2. The average molecular weight is 609 g/mol. The number of hydrogen-bond donors (Lipinski definition) is 1. The van der Waals surface area contributed by atoms with Crippen LogP contribution in [0.4, 0.5) is 0 Å². The molecule has 3 unspecified atom stereocenters. The summed E-state index contributed by atoms with van der Waals surface area (Å²) in [6.07, 6.45) is 0.821. The lowest BCUT2D eigenvalue weighted by Crippen LogP contribution is -2.41. The molecule has 3 aromatic carbocycles. The van der Waals surface area contributed by atoms with Crippen molar-refractivity contribution in [3.05, 3.63) is 99.2 Å². The number of phenolic OH excluding ortho intramolecular Hbond substituents is 1. The number of fused-ring (bicyclic) bond motifs is 1. The maximum absolute atomic E-state index is 13.9. The number of esters is 1. The average Bonchev–Trinajstić information content (AvgIpc) is 2.97. The molecule has 5 rings (SSSR count). The second-order valence-electron chi connectivity index (χ2n) is 10.3. The normalized spacial score (nSPS) is 20.0. The maximum atomic E-state index is 13.9. The highest BCUT2D eigenvalue weighted by atomic mass is 35.5. The molecule has 0 amide bonds. The Morgan fingerprint density at radius 2 is 1.69 bits per heavy atom. The molecule has 7 nitrogen and oxygen atoms in total. The zero-order valence-corrected chi connectivity index (χ0v) is 24.8. The number of aliphatic imine (C=N–C) groups is 1. The minimum atomic E-state index is -0.726. The number of Topliss-reactive ketones (excluding diaryl/α,β-unsaturated/α-hetero) is 1. The molecule has 0 bridgehead atoms. The summed E-state index contributed by atoms with van der Waals surface area (Å²) < 4.78 is 16.9. The number of halogens is 2. The number of phenols is 1. The van der Waals surface area contributed by atoms with Crippen molar-refractivity contribution in [1.29, 1.82) is 0 Å². The molecule has 0 radical (unpaired) electrons. The number of aromatic hydroxyl groups is 1. The molecule has 9 heteroatoms. The van der Waals surface area contributed by atoms with Gasteiger partial charge in [0.05, 0.1) is 23.1 Å². The van der Waals surface area contributed by atoms with Gasteiger partial charge in [0.15, 0.2) is 11.5 Å². The van der Waals surface area contributed by atoms with Crippen molar-refractivity contribution in [2.24, 2.45) is 10.9 Å². The van der Waals surface area contributed by atoms with E-state index in [2.05, 4.69) is 0 Å². The van der Waals surface area contributed by atoms with Crippen molar-refractivity contribution in [2.45, 2.75) is 38.5 Å². The molecule has 0 aromatic heterocycles. The summed E-state index contributed by atoms with van der Waals surface area (Å²) in [4.78, 5) is 32.3. The lowest BCUT2D eigenvalue weighted by atomic mass is 9.66. The topological polar surface area (TPSA) is 94.4 Å². The predicted molar refractivity (Wildman–Crippen MR) is 162 cm³/mol. The summed E-state index contributed by atoms with van der Waals surface area (Å²) in [6, 6.07) is 19.9. The second kappa shape index (κ2) is 13.0. The number of ether oxygens (including phenoxy) is 3. The standard InChI is InChI=1S/C33H31Cl2NO6/c1-3-40-28-18-22(15-25(35)32(28)38)30-29(33(39)42-14-13-41-24-7-5-4-6-8-24)19(2)36-26-16-21(17-27(37)31(26)30)20-9-11-23(34)12-10-20/h4-12,15,18,21,30-31,38H,3,13-14,16-17H2,1-2H3. The van der Waals surface area contributed by atoms with Gasteiger partial charge < -0.3 is 19.3 Å². The summed E-state index contributed by atoms with van der Waals surface area (Å²) >= 11 is 12.5. The molecule has 3 atom stereocenters. The van der Waals surface area contributed by atoms with E-state index in [4.69, 9.17) is 42.4 Å². The number of para-hydroxylation sites is 1. The Labute approximate surface area is 254 Å². The van der Waals surface area contributed by atoms with E-state index in [-0.39, 0.29) is 53.4 Å². The smallest absolute Gasteiger partial charge is 0.336 e. The highest BCUT2D eigenvalue weighted by Crippen LogP contribution is 2.48. The summed E-state index contributed by atoms with van der Waals surface area (Å²) in [7, 11) is 0. The van der Waals surface area contributed by atoms with Crippen molar-refractivity contribution >= 4 is 40.7 Å². The van der Waals surface area contributed by atoms with E-state index in [1.807, 2.05) is 54.6 Å². The van der Waals surface area contributed by atoms with E-state index < -0.39 is 17.8 Å². The van der Waals surface area contributed by atoms with Crippen molar-refractivity contribution in [1.82, 2.24) is 0 Å². The number of allylic oxidation sites excluding steroid dienone is 1. The first-order valence-corrected chi connectivity index (χ1v) is 14.6. The summed E-state index contributed by atoms with van der Waals surface area (Å²) in [5, 5.41) is 11.2. The van der Waals surface area contributed by atoms with E-state index in [1.165, 1.54) is 0 Å². The largest absolute Gasteiger partial charge is 0.503 e. The van der Waals surface area contributed by atoms with Gasteiger partial charge in [-0.1, -0.05) is 53.5 Å². The Hall–Kier alpha value is -3.81. The van der Waals surface area contributed by atoms with Crippen LogP contribution in [0.25, 0.3) is 0 Å². The van der Waals surface area contributed by atoms with Crippen LogP contribution in [0.15, 0.2) is 83.0 Å². The number of nitrogens with zero attached hydrogens (tertiary/aromatic N) is 1. The highest BCUT2D eigenvalue weighted by Gasteiger charge is 2.46. The predicted octanol–water partition coefficient (Wildman–Crippen LogP) is 7.30. The van der Waals surface area contributed by atoms with Gasteiger partial charge in [-0.15, -0.1) is 0 Å². The lowest BCUT2D eigenvalue weighted by molar-refractivity contribution is -0.140. The Kier molecular flexibility index (Phi) is 9.19. The van der Waals surface area contributed by atoms with Gasteiger partial charge in [0.1, 0.15) is 24.7 Å². The van der Waals surface area contributed by atoms with Crippen LogP contribution in [0.5, 0.6) is 17.2 Å². The second-order valence-corrected chi connectivity index (χ2v) is 11.1. The van der Waals surface area contributed by atoms with Crippen LogP contribution < -0.4 is 9.47 Å². The molecule has 218 valence electrons. The first-order valence-electron chi connectivity index (χ1n) is 13.8. The molecule has 0 spiro atoms. The monoisotopic (exact) mass is 607 g/mol. The van der Waals surface area contributed by atoms with Crippen LogP contribution in [-0.4, -0.2) is 42.4 Å². The molecule has 1 fully saturated rings. The SMILES string of the molecule is CCOc1cc(C2C(C(=O)OCCOc3ccccc3)=C(C)N=C3CC(c4ccc(Cl)cc4)CC(=O)C32)cc(Cl)c1O. The summed E-state index contributed by atoms with van der Waals surface area (Å²) in [5.74, 6) is -1.49. The molecule has 1 saturated carbocycles. The third kappa shape index (κ3) is 6.32. The first kappa shape index (κ1) is 29.7. The summed E-state index contributed by atoms with van der Waals surface area (Å²) in [6.45, 7) is 3.99. The van der Waals surface area contributed by atoms with Crippen molar-refractivity contribution in [3.8, 4) is 17.2 Å². The van der Waals surface area contributed by atoms with Crippen LogP contribution in [-0.2, 0) is 14.3 Å². The molecule has 1 heterocycles. The fraction of sp³-hybridized carbons (Fsp3) is 0.303. The van der Waals surface area contributed by atoms with E-state index in [0.29, 0.717) is 40.8 Å². The van der Waals surface area contributed by atoms with Crippen LogP contribution >= 0.6 is 23.2 Å². The van der Waals surface area contributed by atoms with Gasteiger partial charge in [0.2, 0.25) is 0 Å². The molecule has 42 heavy (non-hydrogen) atoms. The van der Waals surface area contributed by atoms with Gasteiger partial charge in [0.25, 0.3) is 0 Å². The van der Waals surface area contributed by atoms with Gasteiger partial charge in [-0.05, 0) is 73.7 Å². The van der Waals surface area contributed by atoms with Gasteiger partial charge in [-0.25, -0.2) is 4.79 Å². The van der Waals surface area contributed by atoms with Crippen molar-refractivity contribution in [3.63, 3.8) is 0 Å². The first-order chi connectivity index (χ1) is 20.3. The molecule has 1 aliphatic heterocycles. The number of carbonyl (C=O) groups is 2. The van der Waals surface area contributed by atoms with Crippen LogP contribution in [0.1, 0.15) is 49.7 Å². The van der Waals surface area contributed by atoms with E-state index in [9.17, 15) is 14.7 Å². The zero-order valence-electron chi connectivity index (χ0n) is 23.3. The molecule has 1 aliphatic carbocycles. The molecular weight excluding hydrogens is 577 g/mol. The molecular formula is C33H31Cl2NO6. The Morgan fingerprint density at radius 3 is 2.40 bits per heavy atom. The molecule has 2 aliphatic rings. The highest BCUT2D eigenvalue weighted by molar-refractivity contribution is 6.32. The third-order valence-corrected chi connectivity index (χ3v) is 8.09. The summed E-state index contributed by atoms with van der Waals surface area (Å²) in [5.41, 5.74) is 2.99. The number of hydrogen-bond acceptors (Lipinski definition) is 7. The van der Waals surface area contributed by atoms with Gasteiger partial charge in [-0.3, -0.25) is 9.79 Å². The number of ketones is 1. The fourth-order valence-electron chi connectivity index (χ4n) is 5.70. The maximum Gasteiger partial charge on any atom is 0.336 e. The lowest BCUT2D eigenvalue weighted by Gasteiger charge is -2.38. The Bertz CT molecular complexity index is 1530. The minimum Gasteiger partial charge on any atom is -0.503 e. The van der Waals surface area contributed by atoms with E-state index >= 15 is 0 Å². The van der Waals surface area contributed by atoms with E-state index in [0.717, 1.165) is 5.56 Å².